The summed E-state index contributed by atoms with van der Waals surface area (Å²) in [7, 11) is 0. The van der Waals surface area contributed by atoms with Crippen LogP contribution < -0.4 is 5.32 Å². The van der Waals surface area contributed by atoms with Crippen LogP contribution in [0.15, 0.2) is 24.3 Å². The molecule has 1 unspecified atom stereocenters. The van der Waals surface area contributed by atoms with Gasteiger partial charge in [-0.25, -0.2) is 4.79 Å². The molecule has 0 aliphatic carbocycles. The number of nitro benzene ring substituents is 1. The first-order chi connectivity index (χ1) is 13.3. The number of amides is 2. The van der Waals surface area contributed by atoms with Crippen molar-refractivity contribution in [3.8, 4) is 0 Å². The van der Waals surface area contributed by atoms with E-state index >= 15 is 0 Å². The number of non-ortho nitro benzene ring substituents is 1. The summed E-state index contributed by atoms with van der Waals surface area (Å²) in [6.45, 7) is 2.38. The molecule has 0 radical (unpaired) electrons. The lowest BCUT2D eigenvalue weighted by Gasteiger charge is -2.27. The summed E-state index contributed by atoms with van der Waals surface area (Å²) in [4.78, 5) is 47.5. The number of rotatable bonds is 5. The van der Waals surface area contributed by atoms with Gasteiger partial charge in [0.15, 0.2) is 5.12 Å². The predicted molar refractivity (Wildman–Crippen MR) is 102 cm³/mol. The zero-order valence-electron chi connectivity index (χ0n) is 15.3. The molecule has 2 aliphatic heterocycles. The Hall–Kier alpha value is -2.62. The third-order valence-corrected chi connectivity index (χ3v) is 5.94. The molecule has 9 nitrogen and oxygen atoms in total. The summed E-state index contributed by atoms with van der Waals surface area (Å²) in [5.74, 6) is -0.0381. The molecule has 150 valence electrons. The van der Waals surface area contributed by atoms with Crippen molar-refractivity contribution in [2.75, 3.05) is 13.1 Å². The number of ether oxygens (including phenoxy) is 1. The number of carbonyl (C=O) groups excluding carboxylic acids is 3. The van der Waals surface area contributed by atoms with Crippen molar-refractivity contribution in [2.45, 2.75) is 37.7 Å². The molecule has 1 aromatic rings. The smallest absolute Gasteiger partial charge is 0.410 e. The van der Waals surface area contributed by atoms with Crippen LogP contribution in [0.25, 0.3) is 0 Å². The maximum Gasteiger partial charge on any atom is 0.410 e. The van der Waals surface area contributed by atoms with Gasteiger partial charge in [-0.05, 0) is 24.1 Å². The van der Waals surface area contributed by atoms with Gasteiger partial charge in [0.1, 0.15) is 6.61 Å². The van der Waals surface area contributed by atoms with Crippen LogP contribution in [0, 0.1) is 16.0 Å². The molecule has 2 aliphatic rings. The van der Waals surface area contributed by atoms with Crippen molar-refractivity contribution in [2.24, 2.45) is 5.92 Å². The van der Waals surface area contributed by atoms with E-state index in [4.69, 9.17) is 4.74 Å². The Balaban J connectivity index is 1.63. The second-order valence-electron chi connectivity index (χ2n) is 6.93. The summed E-state index contributed by atoms with van der Waals surface area (Å²) < 4.78 is 5.40. The first kappa shape index (κ1) is 20.1. The standard InChI is InChI=1S/C18H21N3O6S/c1-11(22)28-15-7-16(13-6-17(23)19-8-13)20(9-15)18(24)27-10-12-2-4-14(5-3-12)21(25)26/h2-5,13,15-16H,6-10H2,1H3,(H,19,23)/t13?,15-,16+/m0/s1. The summed E-state index contributed by atoms with van der Waals surface area (Å²) in [6, 6.07) is 5.64. The topological polar surface area (TPSA) is 119 Å². The maximum absolute atomic E-state index is 12.7. The van der Waals surface area contributed by atoms with Gasteiger partial charge >= 0.3 is 6.09 Å². The van der Waals surface area contributed by atoms with E-state index in [0.29, 0.717) is 31.5 Å². The fourth-order valence-electron chi connectivity index (χ4n) is 3.64. The molecule has 1 N–H and O–H groups in total. The van der Waals surface area contributed by atoms with Crippen molar-refractivity contribution in [1.82, 2.24) is 10.2 Å². The molecule has 3 atom stereocenters. The minimum absolute atomic E-state index is 0.00279. The van der Waals surface area contributed by atoms with Crippen LogP contribution in [0.2, 0.25) is 0 Å². The number of carbonyl (C=O) groups is 3. The number of nitrogens with one attached hydrogen (secondary N) is 1. The van der Waals surface area contributed by atoms with Crippen LogP contribution in [0.4, 0.5) is 10.5 Å². The monoisotopic (exact) mass is 407 g/mol. The van der Waals surface area contributed by atoms with Crippen molar-refractivity contribution >= 4 is 34.6 Å². The van der Waals surface area contributed by atoms with Gasteiger partial charge < -0.3 is 15.0 Å². The first-order valence-electron chi connectivity index (χ1n) is 8.94. The highest BCUT2D eigenvalue weighted by Gasteiger charge is 2.43. The molecule has 3 rings (SSSR count). The molecule has 0 spiro atoms. The second kappa shape index (κ2) is 8.59. The molecule has 2 fully saturated rings. The van der Waals surface area contributed by atoms with Crippen molar-refractivity contribution in [1.29, 1.82) is 0 Å². The van der Waals surface area contributed by atoms with Gasteiger partial charge in [-0.15, -0.1) is 0 Å². The minimum Gasteiger partial charge on any atom is -0.445 e. The number of hydrogen-bond donors (Lipinski definition) is 1. The van der Waals surface area contributed by atoms with E-state index in [2.05, 4.69) is 5.32 Å². The number of hydrogen-bond acceptors (Lipinski definition) is 7. The van der Waals surface area contributed by atoms with Crippen molar-refractivity contribution in [3.63, 3.8) is 0 Å². The van der Waals surface area contributed by atoms with Crippen LogP contribution in [0.3, 0.4) is 0 Å². The molecule has 0 saturated carbocycles. The van der Waals surface area contributed by atoms with Gasteiger partial charge in [0.2, 0.25) is 5.91 Å². The zero-order valence-corrected chi connectivity index (χ0v) is 16.1. The lowest BCUT2D eigenvalue weighted by atomic mass is 9.97. The van der Waals surface area contributed by atoms with E-state index in [1.807, 2.05) is 0 Å². The molecule has 1 aromatic carbocycles. The van der Waals surface area contributed by atoms with Gasteiger partial charge in [0.25, 0.3) is 5.69 Å². The number of benzene rings is 1. The van der Waals surface area contributed by atoms with Gasteiger partial charge in [-0.2, -0.15) is 0 Å². The Kier molecular flexibility index (Phi) is 6.18. The number of nitro groups is 1. The highest BCUT2D eigenvalue weighted by molar-refractivity contribution is 8.14. The largest absolute Gasteiger partial charge is 0.445 e. The number of nitrogens with zero attached hydrogens (tertiary/aromatic N) is 2. The number of likely N-dealkylation sites (tertiary alicyclic amines) is 1. The highest BCUT2D eigenvalue weighted by Crippen LogP contribution is 2.34. The van der Waals surface area contributed by atoms with E-state index in [1.165, 1.54) is 30.8 Å². The van der Waals surface area contributed by atoms with E-state index in [1.54, 1.807) is 17.0 Å². The third-order valence-electron chi connectivity index (χ3n) is 4.93. The molecule has 10 heteroatoms. The summed E-state index contributed by atoms with van der Waals surface area (Å²) >= 11 is 1.21. The molecule has 2 heterocycles. The van der Waals surface area contributed by atoms with Crippen LogP contribution in [0.1, 0.15) is 25.3 Å². The van der Waals surface area contributed by atoms with Crippen molar-refractivity contribution < 1.29 is 24.0 Å². The molecular weight excluding hydrogens is 386 g/mol. The molecule has 0 aromatic heterocycles. The van der Waals surface area contributed by atoms with Crippen LogP contribution in [-0.4, -0.2) is 51.3 Å². The highest BCUT2D eigenvalue weighted by atomic mass is 32.2. The predicted octanol–water partition coefficient (Wildman–Crippen LogP) is 2.09. The maximum atomic E-state index is 12.7. The van der Waals surface area contributed by atoms with Crippen LogP contribution in [-0.2, 0) is 20.9 Å². The lowest BCUT2D eigenvalue weighted by molar-refractivity contribution is -0.384. The normalized spacial score (nSPS) is 24.1. The Labute approximate surface area is 165 Å². The Morgan fingerprint density at radius 3 is 2.64 bits per heavy atom. The second-order valence-corrected chi connectivity index (χ2v) is 8.41. The summed E-state index contributed by atoms with van der Waals surface area (Å²) in [5.41, 5.74) is 0.610. The average molecular weight is 407 g/mol. The SMILES string of the molecule is CC(=O)S[C@H]1C[C@H](C2CNC(=O)C2)N(C(=O)OCc2ccc([N+](=O)[O-])cc2)C1. The van der Waals surface area contributed by atoms with Gasteiger partial charge in [0.05, 0.1) is 4.92 Å². The molecular formula is C18H21N3O6S. The zero-order chi connectivity index (χ0) is 20.3. The number of thioether (sulfide) groups is 1. The minimum atomic E-state index is -0.505. The molecule has 0 bridgehead atoms. The van der Waals surface area contributed by atoms with E-state index < -0.39 is 11.0 Å². The first-order valence-corrected chi connectivity index (χ1v) is 9.82. The van der Waals surface area contributed by atoms with E-state index in [-0.39, 0.29) is 40.5 Å². The Bertz CT molecular complexity index is 784. The Morgan fingerprint density at radius 2 is 2.07 bits per heavy atom. The van der Waals surface area contributed by atoms with Crippen LogP contribution >= 0.6 is 11.8 Å². The van der Waals surface area contributed by atoms with Crippen molar-refractivity contribution in [3.05, 3.63) is 39.9 Å². The third kappa shape index (κ3) is 4.80. The molecule has 2 saturated heterocycles. The van der Waals surface area contributed by atoms with Gasteiger partial charge in [-0.1, -0.05) is 11.8 Å². The molecule has 2 amide bonds. The molecule has 28 heavy (non-hydrogen) atoms. The summed E-state index contributed by atoms with van der Waals surface area (Å²) in [5, 5.41) is 13.5. The lowest BCUT2D eigenvalue weighted by Crippen LogP contribution is -2.41. The quantitative estimate of drug-likeness (QED) is 0.586. The Morgan fingerprint density at radius 1 is 1.36 bits per heavy atom. The van der Waals surface area contributed by atoms with E-state index in [9.17, 15) is 24.5 Å². The van der Waals surface area contributed by atoms with Gasteiger partial charge in [-0.3, -0.25) is 19.7 Å². The van der Waals surface area contributed by atoms with E-state index in [0.717, 1.165) is 0 Å². The average Bonchev–Trinajstić information content (AvgIpc) is 3.25. The fourth-order valence-corrected chi connectivity index (χ4v) is 4.64. The fraction of sp³-hybridized carbons (Fsp3) is 0.500. The van der Waals surface area contributed by atoms with Gasteiger partial charge in [0, 0.05) is 55.8 Å². The van der Waals surface area contributed by atoms with Crippen LogP contribution in [0.5, 0.6) is 0 Å². The summed E-state index contributed by atoms with van der Waals surface area (Å²) in [6.07, 6.45) is 0.486.